The molecule has 4 nitrogen and oxygen atoms in total. The Hall–Kier alpha value is -1.37. The SMILES string of the molecule is Nc1csc(S(=O)(=O)N2CCCC2Cc2ccccc2)c1. The zero-order chi connectivity index (χ0) is 14.9. The summed E-state index contributed by atoms with van der Waals surface area (Å²) in [6.07, 6.45) is 2.59. The van der Waals surface area contributed by atoms with E-state index in [9.17, 15) is 8.42 Å². The highest BCUT2D eigenvalue weighted by Gasteiger charge is 2.35. The largest absolute Gasteiger partial charge is 0.398 e. The van der Waals surface area contributed by atoms with Gasteiger partial charge in [-0.25, -0.2) is 8.42 Å². The van der Waals surface area contributed by atoms with Crippen LogP contribution in [0.25, 0.3) is 0 Å². The van der Waals surface area contributed by atoms with Gasteiger partial charge in [-0.3, -0.25) is 0 Å². The van der Waals surface area contributed by atoms with Gasteiger partial charge in [0, 0.05) is 23.7 Å². The van der Waals surface area contributed by atoms with E-state index in [0.717, 1.165) is 19.3 Å². The quantitative estimate of drug-likeness (QED) is 0.941. The summed E-state index contributed by atoms with van der Waals surface area (Å²) < 4.78 is 27.4. The van der Waals surface area contributed by atoms with Gasteiger partial charge < -0.3 is 5.73 Å². The number of thiophene rings is 1. The normalized spacial score (nSPS) is 19.9. The topological polar surface area (TPSA) is 63.4 Å². The van der Waals surface area contributed by atoms with Crippen molar-refractivity contribution in [2.24, 2.45) is 0 Å². The third-order valence-electron chi connectivity index (χ3n) is 3.80. The first kappa shape index (κ1) is 14.6. The number of hydrogen-bond donors (Lipinski definition) is 1. The molecule has 1 saturated heterocycles. The molecule has 0 saturated carbocycles. The van der Waals surface area contributed by atoms with Gasteiger partial charge in [0.1, 0.15) is 4.21 Å². The maximum absolute atomic E-state index is 12.7. The average Bonchev–Trinajstić information content (AvgIpc) is 3.09. The van der Waals surface area contributed by atoms with Crippen molar-refractivity contribution in [2.75, 3.05) is 12.3 Å². The minimum Gasteiger partial charge on any atom is -0.398 e. The summed E-state index contributed by atoms with van der Waals surface area (Å²) in [6, 6.07) is 11.6. The molecule has 21 heavy (non-hydrogen) atoms. The molecule has 0 bridgehead atoms. The Morgan fingerprint density at radius 2 is 2.05 bits per heavy atom. The molecule has 1 unspecified atom stereocenters. The van der Waals surface area contributed by atoms with Crippen LogP contribution >= 0.6 is 11.3 Å². The summed E-state index contributed by atoms with van der Waals surface area (Å²) in [5.74, 6) is 0. The lowest BCUT2D eigenvalue weighted by molar-refractivity contribution is 0.386. The van der Waals surface area contributed by atoms with E-state index in [4.69, 9.17) is 5.73 Å². The van der Waals surface area contributed by atoms with E-state index in [1.807, 2.05) is 30.3 Å². The Bertz CT molecular complexity index is 710. The number of nitrogen functional groups attached to an aromatic ring is 1. The molecular formula is C15H18N2O2S2. The first-order valence-corrected chi connectivity index (χ1v) is 9.29. The van der Waals surface area contributed by atoms with Gasteiger partial charge in [0.2, 0.25) is 0 Å². The second kappa shape index (κ2) is 5.79. The molecule has 1 aromatic carbocycles. The molecule has 112 valence electrons. The smallest absolute Gasteiger partial charge is 0.252 e. The highest BCUT2D eigenvalue weighted by atomic mass is 32.2. The van der Waals surface area contributed by atoms with Crippen molar-refractivity contribution in [1.29, 1.82) is 0 Å². The molecule has 1 aromatic heterocycles. The number of anilines is 1. The van der Waals surface area contributed by atoms with Crippen LogP contribution in [-0.4, -0.2) is 25.3 Å². The lowest BCUT2D eigenvalue weighted by atomic mass is 10.1. The molecule has 2 N–H and O–H groups in total. The second-order valence-corrected chi connectivity index (χ2v) is 8.33. The number of rotatable bonds is 4. The Labute approximate surface area is 129 Å². The molecule has 0 spiro atoms. The van der Waals surface area contributed by atoms with E-state index in [2.05, 4.69) is 0 Å². The van der Waals surface area contributed by atoms with Crippen molar-refractivity contribution in [3.63, 3.8) is 0 Å². The van der Waals surface area contributed by atoms with Crippen molar-refractivity contribution in [1.82, 2.24) is 4.31 Å². The van der Waals surface area contributed by atoms with Crippen LogP contribution in [0.1, 0.15) is 18.4 Å². The second-order valence-electron chi connectivity index (χ2n) is 5.30. The summed E-state index contributed by atoms with van der Waals surface area (Å²) in [5.41, 5.74) is 7.35. The number of benzene rings is 1. The third kappa shape index (κ3) is 2.97. The highest BCUT2D eigenvalue weighted by Crippen LogP contribution is 2.31. The maximum Gasteiger partial charge on any atom is 0.252 e. The minimum absolute atomic E-state index is 0.0423. The van der Waals surface area contributed by atoms with Crippen LogP contribution in [0.5, 0.6) is 0 Å². The fourth-order valence-electron chi connectivity index (χ4n) is 2.80. The van der Waals surface area contributed by atoms with Crippen LogP contribution < -0.4 is 5.73 Å². The monoisotopic (exact) mass is 322 g/mol. The summed E-state index contributed by atoms with van der Waals surface area (Å²) in [7, 11) is -3.42. The van der Waals surface area contributed by atoms with Gasteiger partial charge in [0.15, 0.2) is 0 Å². The van der Waals surface area contributed by atoms with Gasteiger partial charge in [0.25, 0.3) is 10.0 Å². The van der Waals surface area contributed by atoms with Crippen molar-refractivity contribution in [3.05, 3.63) is 47.3 Å². The van der Waals surface area contributed by atoms with Crippen LogP contribution in [0, 0.1) is 0 Å². The lowest BCUT2D eigenvalue weighted by Crippen LogP contribution is -2.36. The number of nitrogens with zero attached hydrogens (tertiary/aromatic N) is 1. The average molecular weight is 322 g/mol. The van der Waals surface area contributed by atoms with Crippen molar-refractivity contribution in [2.45, 2.75) is 29.5 Å². The van der Waals surface area contributed by atoms with Crippen LogP contribution in [0.15, 0.2) is 46.0 Å². The molecule has 1 fully saturated rings. The zero-order valence-corrected chi connectivity index (χ0v) is 13.2. The summed E-state index contributed by atoms with van der Waals surface area (Å²) in [5, 5.41) is 1.68. The Balaban J connectivity index is 1.84. The number of hydrogen-bond acceptors (Lipinski definition) is 4. The van der Waals surface area contributed by atoms with Gasteiger partial charge in [-0.1, -0.05) is 30.3 Å². The molecule has 0 radical (unpaired) electrons. The van der Waals surface area contributed by atoms with E-state index >= 15 is 0 Å². The third-order valence-corrected chi connectivity index (χ3v) is 7.18. The van der Waals surface area contributed by atoms with Crippen LogP contribution in [0.4, 0.5) is 5.69 Å². The summed E-state index contributed by atoms with van der Waals surface area (Å²) in [4.78, 5) is 0. The summed E-state index contributed by atoms with van der Waals surface area (Å²) in [6.45, 7) is 0.595. The zero-order valence-electron chi connectivity index (χ0n) is 11.6. The molecule has 0 aliphatic carbocycles. The number of sulfonamides is 1. The van der Waals surface area contributed by atoms with Gasteiger partial charge in [0.05, 0.1) is 0 Å². The van der Waals surface area contributed by atoms with E-state index in [1.165, 1.54) is 16.9 Å². The van der Waals surface area contributed by atoms with E-state index < -0.39 is 10.0 Å². The first-order chi connectivity index (χ1) is 10.1. The fourth-order valence-corrected chi connectivity index (χ4v) is 5.70. The van der Waals surface area contributed by atoms with Gasteiger partial charge in [-0.2, -0.15) is 4.31 Å². The Morgan fingerprint density at radius 3 is 2.71 bits per heavy atom. The predicted molar refractivity (Wildman–Crippen MR) is 85.8 cm³/mol. The Morgan fingerprint density at radius 1 is 1.29 bits per heavy atom. The van der Waals surface area contributed by atoms with Gasteiger partial charge >= 0.3 is 0 Å². The van der Waals surface area contributed by atoms with Crippen molar-refractivity contribution < 1.29 is 8.42 Å². The molecule has 1 aliphatic rings. The van der Waals surface area contributed by atoms with E-state index in [1.54, 1.807) is 15.8 Å². The molecule has 6 heteroatoms. The van der Waals surface area contributed by atoms with Crippen molar-refractivity contribution in [3.8, 4) is 0 Å². The molecule has 3 rings (SSSR count). The fraction of sp³-hybridized carbons (Fsp3) is 0.333. The highest BCUT2D eigenvalue weighted by molar-refractivity contribution is 7.91. The predicted octanol–water partition coefficient (Wildman–Crippen LogP) is 2.73. The molecule has 1 atom stereocenters. The number of nitrogens with two attached hydrogens (primary N) is 1. The molecule has 2 aromatic rings. The first-order valence-electron chi connectivity index (χ1n) is 6.97. The van der Waals surface area contributed by atoms with Crippen molar-refractivity contribution >= 4 is 27.0 Å². The maximum atomic E-state index is 12.7. The van der Waals surface area contributed by atoms with E-state index in [0.29, 0.717) is 16.4 Å². The van der Waals surface area contributed by atoms with E-state index in [-0.39, 0.29) is 6.04 Å². The van der Waals surface area contributed by atoms with Gasteiger partial charge in [-0.15, -0.1) is 11.3 Å². The molecule has 0 amide bonds. The van der Waals surface area contributed by atoms with Gasteiger partial charge in [-0.05, 0) is 30.9 Å². The van der Waals surface area contributed by atoms with Crippen LogP contribution in [-0.2, 0) is 16.4 Å². The lowest BCUT2D eigenvalue weighted by Gasteiger charge is -2.23. The van der Waals surface area contributed by atoms with Crippen LogP contribution in [0.3, 0.4) is 0 Å². The Kier molecular flexibility index (Phi) is 4.01. The summed E-state index contributed by atoms with van der Waals surface area (Å²) >= 11 is 1.20. The standard InChI is InChI=1S/C15H18N2O2S2/c16-13-10-15(20-11-13)21(18,19)17-8-4-7-14(17)9-12-5-2-1-3-6-12/h1-3,5-6,10-11,14H,4,7-9,16H2. The minimum atomic E-state index is -3.42. The molecule has 1 aliphatic heterocycles. The van der Waals surface area contributed by atoms with Crippen LogP contribution in [0.2, 0.25) is 0 Å². The molecule has 2 heterocycles. The molecular weight excluding hydrogens is 304 g/mol.